The summed E-state index contributed by atoms with van der Waals surface area (Å²) in [5.74, 6) is -1.04. The number of para-hydroxylation sites is 1. The maximum absolute atomic E-state index is 10.8. The number of benzene rings is 1. The van der Waals surface area contributed by atoms with E-state index in [-0.39, 0.29) is 5.56 Å². The molecular formula is C9H10N2O3. The molecule has 1 amide bonds. The van der Waals surface area contributed by atoms with Crippen LogP contribution in [-0.4, -0.2) is 24.5 Å². The number of carboxylic acids is 1. The lowest BCUT2D eigenvalue weighted by Crippen LogP contribution is -2.06. The fourth-order valence-corrected chi connectivity index (χ4v) is 1.18. The Morgan fingerprint density at radius 1 is 1.50 bits per heavy atom. The minimum Gasteiger partial charge on any atom is -0.478 e. The zero-order valence-electron chi connectivity index (χ0n) is 7.57. The molecule has 0 saturated carbocycles. The maximum Gasteiger partial charge on any atom is 0.337 e. The van der Waals surface area contributed by atoms with Gasteiger partial charge in [-0.15, -0.1) is 0 Å². The smallest absolute Gasteiger partial charge is 0.337 e. The van der Waals surface area contributed by atoms with Crippen LogP contribution in [0.2, 0.25) is 0 Å². The van der Waals surface area contributed by atoms with Crippen LogP contribution in [-0.2, 0) is 4.79 Å². The number of nitrogens with one attached hydrogen (secondary N) is 2. The number of hydrogen-bond donors (Lipinski definition) is 3. The molecule has 1 aromatic rings. The molecule has 1 rings (SSSR count). The van der Waals surface area contributed by atoms with E-state index >= 15 is 0 Å². The standard InChI is InChI=1S/C9H10N2O3/c1-10-8-6(9(13)14)3-2-4-7(8)11-5-12/h2-5,10H,1H3,(H,11,12)(H,13,14). The van der Waals surface area contributed by atoms with Gasteiger partial charge in [0.1, 0.15) is 0 Å². The Hall–Kier alpha value is -2.04. The summed E-state index contributed by atoms with van der Waals surface area (Å²) in [6.45, 7) is 0. The molecule has 0 unspecified atom stereocenters. The number of carbonyl (C=O) groups is 2. The second-order valence-corrected chi connectivity index (χ2v) is 2.55. The summed E-state index contributed by atoms with van der Waals surface area (Å²) in [6.07, 6.45) is 0.502. The van der Waals surface area contributed by atoms with Crippen molar-refractivity contribution in [3.05, 3.63) is 23.8 Å². The van der Waals surface area contributed by atoms with Crippen molar-refractivity contribution in [1.29, 1.82) is 0 Å². The summed E-state index contributed by atoms with van der Waals surface area (Å²) in [5, 5.41) is 14.0. The van der Waals surface area contributed by atoms with Gasteiger partial charge in [-0.3, -0.25) is 4.79 Å². The molecule has 0 heterocycles. The minimum atomic E-state index is -1.04. The van der Waals surface area contributed by atoms with Gasteiger partial charge in [-0.2, -0.15) is 0 Å². The van der Waals surface area contributed by atoms with Crippen molar-refractivity contribution in [1.82, 2.24) is 0 Å². The van der Waals surface area contributed by atoms with Crippen molar-refractivity contribution in [2.45, 2.75) is 0 Å². The van der Waals surface area contributed by atoms with E-state index in [1.165, 1.54) is 6.07 Å². The van der Waals surface area contributed by atoms with Crippen molar-refractivity contribution in [2.24, 2.45) is 0 Å². The first-order valence-electron chi connectivity index (χ1n) is 3.95. The van der Waals surface area contributed by atoms with Gasteiger partial charge in [-0.25, -0.2) is 4.79 Å². The van der Waals surface area contributed by atoms with Crippen LogP contribution in [0.4, 0.5) is 11.4 Å². The van der Waals surface area contributed by atoms with Gasteiger partial charge in [0, 0.05) is 7.05 Å². The Morgan fingerprint density at radius 2 is 2.21 bits per heavy atom. The van der Waals surface area contributed by atoms with Gasteiger partial charge in [-0.05, 0) is 12.1 Å². The van der Waals surface area contributed by atoms with E-state index in [1.54, 1.807) is 19.2 Å². The molecule has 1 aromatic carbocycles. The Morgan fingerprint density at radius 3 is 2.71 bits per heavy atom. The molecule has 74 valence electrons. The van der Waals surface area contributed by atoms with Crippen molar-refractivity contribution >= 4 is 23.8 Å². The van der Waals surface area contributed by atoms with Crippen LogP contribution in [0.25, 0.3) is 0 Å². The summed E-state index contributed by atoms with van der Waals surface area (Å²) in [5.41, 5.74) is 0.967. The summed E-state index contributed by atoms with van der Waals surface area (Å²) in [4.78, 5) is 21.0. The number of amides is 1. The highest BCUT2D eigenvalue weighted by molar-refractivity contribution is 5.99. The van der Waals surface area contributed by atoms with E-state index in [1.807, 2.05) is 0 Å². The molecule has 0 aliphatic heterocycles. The largest absolute Gasteiger partial charge is 0.478 e. The molecule has 0 aliphatic rings. The lowest BCUT2D eigenvalue weighted by atomic mass is 10.1. The number of anilines is 2. The number of carbonyl (C=O) groups excluding carboxylic acids is 1. The van der Waals surface area contributed by atoms with Crippen LogP contribution < -0.4 is 10.6 Å². The van der Waals surface area contributed by atoms with Gasteiger partial charge in [0.25, 0.3) is 0 Å². The molecule has 0 saturated heterocycles. The monoisotopic (exact) mass is 194 g/mol. The summed E-state index contributed by atoms with van der Waals surface area (Å²) >= 11 is 0. The van der Waals surface area contributed by atoms with Crippen LogP contribution in [0, 0.1) is 0 Å². The lowest BCUT2D eigenvalue weighted by Gasteiger charge is -2.10. The molecule has 5 nitrogen and oxygen atoms in total. The number of carboxylic acid groups (broad SMARTS) is 1. The molecule has 0 atom stereocenters. The molecule has 0 aromatic heterocycles. The lowest BCUT2D eigenvalue weighted by molar-refractivity contribution is -0.105. The first-order valence-corrected chi connectivity index (χ1v) is 3.95. The van der Waals surface area contributed by atoms with Crippen molar-refractivity contribution in [3.63, 3.8) is 0 Å². The third kappa shape index (κ3) is 1.82. The summed E-state index contributed by atoms with van der Waals surface area (Å²) in [7, 11) is 1.59. The zero-order valence-corrected chi connectivity index (χ0v) is 7.57. The van der Waals surface area contributed by atoms with Crippen molar-refractivity contribution < 1.29 is 14.7 Å². The predicted molar refractivity (Wildman–Crippen MR) is 52.6 cm³/mol. The Labute approximate surface area is 80.7 Å². The number of hydrogen-bond acceptors (Lipinski definition) is 3. The quantitative estimate of drug-likeness (QED) is 0.624. The first kappa shape index (κ1) is 10.0. The fraction of sp³-hybridized carbons (Fsp3) is 0.111. The molecule has 0 radical (unpaired) electrons. The third-order valence-electron chi connectivity index (χ3n) is 1.76. The highest BCUT2D eigenvalue weighted by Crippen LogP contribution is 2.25. The van der Waals surface area contributed by atoms with E-state index in [4.69, 9.17) is 5.11 Å². The van der Waals surface area contributed by atoms with Crippen molar-refractivity contribution in [3.8, 4) is 0 Å². The fourth-order valence-electron chi connectivity index (χ4n) is 1.18. The maximum atomic E-state index is 10.8. The molecule has 0 fully saturated rings. The molecular weight excluding hydrogens is 184 g/mol. The van der Waals surface area contributed by atoms with E-state index in [0.717, 1.165) is 0 Å². The number of rotatable bonds is 4. The van der Waals surface area contributed by atoms with E-state index in [0.29, 0.717) is 17.8 Å². The Bertz CT molecular complexity index is 363. The van der Waals surface area contributed by atoms with E-state index in [9.17, 15) is 9.59 Å². The average molecular weight is 194 g/mol. The predicted octanol–water partition coefficient (Wildman–Crippen LogP) is 0.995. The van der Waals surface area contributed by atoms with Crippen LogP contribution in [0.15, 0.2) is 18.2 Å². The first-order chi connectivity index (χ1) is 6.70. The SMILES string of the molecule is CNc1c(NC=O)cccc1C(=O)O. The van der Waals surface area contributed by atoms with Crippen LogP contribution in [0.3, 0.4) is 0 Å². The Kier molecular flexibility index (Phi) is 3.06. The second-order valence-electron chi connectivity index (χ2n) is 2.55. The molecule has 0 aliphatic carbocycles. The van der Waals surface area contributed by atoms with Gasteiger partial charge in [-0.1, -0.05) is 6.07 Å². The highest BCUT2D eigenvalue weighted by Gasteiger charge is 2.11. The van der Waals surface area contributed by atoms with Gasteiger partial charge in [0.2, 0.25) is 6.41 Å². The Balaban J connectivity index is 3.24. The highest BCUT2D eigenvalue weighted by atomic mass is 16.4. The zero-order chi connectivity index (χ0) is 10.6. The third-order valence-corrected chi connectivity index (χ3v) is 1.76. The van der Waals surface area contributed by atoms with Gasteiger partial charge in [0.05, 0.1) is 16.9 Å². The van der Waals surface area contributed by atoms with E-state index in [2.05, 4.69) is 10.6 Å². The molecule has 14 heavy (non-hydrogen) atoms. The normalized spacial score (nSPS) is 9.21. The van der Waals surface area contributed by atoms with Crippen LogP contribution in [0.1, 0.15) is 10.4 Å². The minimum absolute atomic E-state index is 0.124. The molecule has 0 spiro atoms. The topological polar surface area (TPSA) is 78.4 Å². The van der Waals surface area contributed by atoms with Gasteiger partial charge < -0.3 is 15.7 Å². The summed E-state index contributed by atoms with van der Waals surface area (Å²) in [6, 6.07) is 4.65. The molecule has 3 N–H and O–H groups in total. The van der Waals surface area contributed by atoms with Crippen LogP contribution >= 0.6 is 0 Å². The molecule has 5 heteroatoms. The van der Waals surface area contributed by atoms with Crippen molar-refractivity contribution in [2.75, 3.05) is 17.7 Å². The van der Waals surface area contributed by atoms with Crippen LogP contribution in [0.5, 0.6) is 0 Å². The van der Waals surface area contributed by atoms with E-state index < -0.39 is 5.97 Å². The number of aromatic carboxylic acids is 1. The average Bonchev–Trinajstić information content (AvgIpc) is 2.18. The molecule has 0 bridgehead atoms. The summed E-state index contributed by atoms with van der Waals surface area (Å²) < 4.78 is 0. The van der Waals surface area contributed by atoms with Gasteiger partial charge in [0.15, 0.2) is 0 Å². The van der Waals surface area contributed by atoms with Gasteiger partial charge >= 0.3 is 5.97 Å². The second kappa shape index (κ2) is 4.27.